The molecule has 1 heterocycles. The Balaban J connectivity index is 1.80. The Morgan fingerprint density at radius 1 is 1.36 bits per heavy atom. The number of rotatable bonds is 7. The highest BCUT2D eigenvalue weighted by atomic mass is 35.5. The second-order valence-corrected chi connectivity index (χ2v) is 7.71. The fourth-order valence-corrected chi connectivity index (χ4v) is 3.80. The van der Waals surface area contributed by atoms with Gasteiger partial charge in [-0.2, -0.15) is 0 Å². The van der Waals surface area contributed by atoms with Crippen LogP contribution in [0, 0.1) is 0 Å². The Morgan fingerprint density at radius 3 is 2.60 bits per heavy atom. The van der Waals surface area contributed by atoms with Gasteiger partial charge in [0.1, 0.15) is 0 Å². The van der Waals surface area contributed by atoms with E-state index in [-0.39, 0.29) is 5.91 Å². The Labute approximate surface area is 161 Å². The van der Waals surface area contributed by atoms with Gasteiger partial charge < -0.3 is 9.80 Å². The lowest BCUT2D eigenvalue weighted by atomic mass is 9.96. The Bertz CT molecular complexity index is 597. The number of carbonyl (C=O) groups excluding carboxylic acids is 1. The lowest BCUT2D eigenvalue weighted by molar-refractivity contribution is -0.131. The summed E-state index contributed by atoms with van der Waals surface area (Å²) in [6.45, 7) is 11.4. The van der Waals surface area contributed by atoms with Crippen LogP contribution in [0.2, 0.25) is 10.0 Å². The molecule has 25 heavy (non-hydrogen) atoms. The molecular weight excluding hydrogens is 355 g/mol. The van der Waals surface area contributed by atoms with E-state index in [4.69, 9.17) is 23.2 Å². The summed E-state index contributed by atoms with van der Waals surface area (Å²) in [7, 11) is 0. The van der Waals surface area contributed by atoms with Crippen molar-refractivity contribution in [3.8, 4) is 0 Å². The molecule has 1 aliphatic rings. The van der Waals surface area contributed by atoms with Gasteiger partial charge in [-0.1, -0.05) is 42.3 Å². The summed E-state index contributed by atoms with van der Waals surface area (Å²) >= 11 is 12.1. The van der Waals surface area contributed by atoms with Crippen LogP contribution in [0.25, 0.3) is 0 Å². The van der Waals surface area contributed by atoms with E-state index in [2.05, 4.69) is 24.5 Å². The van der Waals surface area contributed by atoms with Crippen molar-refractivity contribution in [2.75, 3.05) is 26.2 Å². The van der Waals surface area contributed by atoms with Crippen LogP contribution in [-0.2, 0) is 4.79 Å². The van der Waals surface area contributed by atoms with Crippen LogP contribution in [0.15, 0.2) is 30.9 Å². The second-order valence-electron chi connectivity index (χ2n) is 6.90. The first-order valence-electron chi connectivity index (χ1n) is 8.97. The van der Waals surface area contributed by atoms with Crippen molar-refractivity contribution in [2.24, 2.45) is 0 Å². The number of benzene rings is 1. The van der Waals surface area contributed by atoms with Crippen LogP contribution >= 0.6 is 23.2 Å². The smallest absolute Gasteiger partial charge is 0.219 e. The van der Waals surface area contributed by atoms with Gasteiger partial charge in [-0.3, -0.25) is 4.79 Å². The standard InChI is InChI=1S/C20H28Cl2N2O/c1-4-10-24(16(3)25)18-8-12-23(13-9-18)11-7-15(2)17-5-6-19(21)20(22)14-17/h4-6,14-15,18H,1,7-13H2,2-3H3. The topological polar surface area (TPSA) is 23.6 Å². The molecule has 0 aliphatic carbocycles. The van der Waals surface area contributed by atoms with Crippen LogP contribution < -0.4 is 0 Å². The zero-order valence-corrected chi connectivity index (χ0v) is 16.7. The molecule has 1 unspecified atom stereocenters. The average Bonchev–Trinajstić information content (AvgIpc) is 2.60. The van der Waals surface area contributed by atoms with Gasteiger partial charge in [0, 0.05) is 32.6 Å². The number of nitrogens with zero attached hydrogens (tertiary/aromatic N) is 2. The summed E-state index contributed by atoms with van der Waals surface area (Å²) in [5.41, 5.74) is 1.23. The predicted molar refractivity (Wildman–Crippen MR) is 107 cm³/mol. The van der Waals surface area contributed by atoms with E-state index >= 15 is 0 Å². The normalized spacial score (nSPS) is 17.3. The highest BCUT2D eigenvalue weighted by Crippen LogP contribution is 2.28. The quantitative estimate of drug-likeness (QED) is 0.620. The molecule has 3 nitrogen and oxygen atoms in total. The van der Waals surface area contributed by atoms with Gasteiger partial charge in [-0.25, -0.2) is 0 Å². The molecule has 0 saturated carbocycles. The van der Waals surface area contributed by atoms with Crippen molar-refractivity contribution in [1.82, 2.24) is 9.80 Å². The number of likely N-dealkylation sites (tertiary alicyclic amines) is 1. The van der Waals surface area contributed by atoms with Gasteiger partial charge in [0.25, 0.3) is 0 Å². The van der Waals surface area contributed by atoms with Gasteiger partial charge in [0.05, 0.1) is 10.0 Å². The minimum Gasteiger partial charge on any atom is -0.336 e. The van der Waals surface area contributed by atoms with Crippen molar-refractivity contribution < 1.29 is 4.79 Å². The van der Waals surface area contributed by atoms with Gasteiger partial charge in [-0.05, 0) is 49.4 Å². The predicted octanol–water partition coefficient (Wildman–Crippen LogP) is 4.99. The third-order valence-corrected chi connectivity index (χ3v) is 5.86. The molecule has 1 amide bonds. The number of hydrogen-bond acceptors (Lipinski definition) is 2. The molecule has 138 valence electrons. The summed E-state index contributed by atoms with van der Waals surface area (Å²) in [4.78, 5) is 16.2. The maximum atomic E-state index is 11.8. The zero-order chi connectivity index (χ0) is 18.4. The summed E-state index contributed by atoms with van der Waals surface area (Å²) < 4.78 is 0. The maximum absolute atomic E-state index is 11.8. The molecule has 0 radical (unpaired) electrons. The number of carbonyl (C=O) groups is 1. The third kappa shape index (κ3) is 5.73. The fourth-order valence-electron chi connectivity index (χ4n) is 3.49. The summed E-state index contributed by atoms with van der Waals surface area (Å²) in [6.07, 6.45) is 4.97. The van der Waals surface area contributed by atoms with Crippen molar-refractivity contribution in [3.05, 3.63) is 46.5 Å². The molecule has 1 atom stereocenters. The van der Waals surface area contributed by atoms with Crippen LogP contribution in [0.1, 0.15) is 44.6 Å². The van der Waals surface area contributed by atoms with E-state index < -0.39 is 0 Å². The lowest BCUT2D eigenvalue weighted by Crippen LogP contribution is -2.47. The molecule has 1 aliphatic heterocycles. The van der Waals surface area contributed by atoms with Crippen LogP contribution in [0.5, 0.6) is 0 Å². The number of amides is 1. The van der Waals surface area contributed by atoms with Crippen molar-refractivity contribution in [2.45, 2.75) is 45.1 Å². The number of piperidine rings is 1. The fraction of sp³-hybridized carbons (Fsp3) is 0.550. The van der Waals surface area contributed by atoms with E-state index in [1.165, 1.54) is 5.56 Å². The zero-order valence-electron chi connectivity index (χ0n) is 15.2. The molecule has 1 saturated heterocycles. The van der Waals surface area contributed by atoms with Crippen molar-refractivity contribution in [3.63, 3.8) is 0 Å². The maximum Gasteiger partial charge on any atom is 0.219 e. The summed E-state index contributed by atoms with van der Waals surface area (Å²) in [6, 6.07) is 6.25. The molecule has 1 fully saturated rings. The summed E-state index contributed by atoms with van der Waals surface area (Å²) in [5.74, 6) is 0.591. The van der Waals surface area contributed by atoms with Crippen molar-refractivity contribution in [1.29, 1.82) is 0 Å². The molecule has 1 aromatic rings. The minimum absolute atomic E-state index is 0.145. The van der Waals surface area contributed by atoms with Gasteiger partial charge in [-0.15, -0.1) is 6.58 Å². The first kappa shape index (κ1) is 20.3. The van der Waals surface area contributed by atoms with E-state index in [0.29, 0.717) is 28.5 Å². The van der Waals surface area contributed by atoms with Crippen LogP contribution in [0.4, 0.5) is 0 Å². The van der Waals surface area contributed by atoms with E-state index in [1.54, 1.807) is 6.92 Å². The van der Waals surface area contributed by atoms with Gasteiger partial charge in [0.15, 0.2) is 0 Å². The molecule has 1 aromatic carbocycles. The molecule has 2 rings (SSSR count). The van der Waals surface area contributed by atoms with Crippen LogP contribution in [-0.4, -0.2) is 47.9 Å². The number of halogens is 2. The van der Waals surface area contributed by atoms with E-state index in [0.717, 1.165) is 38.9 Å². The second kappa shape index (κ2) is 9.61. The first-order chi connectivity index (χ1) is 11.9. The van der Waals surface area contributed by atoms with E-state index in [1.807, 2.05) is 23.1 Å². The van der Waals surface area contributed by atoms with E-state index in [9.17, 15) is 4.79 Å². The molecule has 0 N–H and O–H groups in total. The number of hydrogen-bond donors (Lipinski definition) is 0. The lowest BCUT2D eigenvalue weighted by Gasteiger charge is -2.38. The average molecular weight is 383 g/mol. The van der Waals surface area contributed by atoms with Crippen molar-refractivity contribution >= 4 is 29.1 Å². The van der Waals surface area contributed by atoms with Crippen LogP contribution in [0.3, 0.4) is 0 Å². The molecular formula is C20H28Cl2N2O. The first-order valence-corrected chi connectivity index (χ1v) is 9.73. The van der Waals surface area contributed by atoms with Gasteiger partial charge in [0.2, 0.25) is 5.91 Å². The largest absolute Gasteiger partial charge is 0.336 e. The molecule has 0 bridgehead atoms. The summed E-state index contributed by atoms with van der Waals surface area (Å²) in [5, 5.41) is 1.23. The van der Waals surface area contributed by atoms with Gasteiger partial charge >= 0.3 is 0 Å². The Hall–Kier alpha value is -1.03. The molecule has 5 heteroatoms. The highest BCUT2D eigenvalue weighted by Gasteiger charge is 2.25. The third-order valence-electron chi connectivity index (χ3n) is 5.12. The molecule has 0 aromatic heterocycles. The SMILES string of the molecule is C=CCN(C(C)=O)C1CCN(CCC(C)c2ccc(Cl)c(Cl)c2)CC1. The minimum atomic E-state index is 0.145. The monoisotopic (exact) mass is 382 g/mol. The molecule has 0 spiro atoms. The Kier molecular flexibility index (Phi) is 7.80. The highest BCUT2D eigenvalue weighted by molar-refractivity contribution is 6.42. The Morgan fingerprint density at radius 2 is 2.04 bits per heavy atom.